The number of amides is 1. The topological polar surface area (TPSA) is 107 Å². The zero-order chi connectivity index (χ0) is 25.1. The molecule has 1 N–H and O–H groups in total. The lowest BCUT2D eigenvalue weighted by Crippen LogP contribution is -2.14. The lowest BCUT2D eigenvalue weighted by Gasteiger charge is -2.12. The van der Waals surface area contributed by atoms with Gasteiger partial charge in [0.25, 0.3) is 11.6 Å². The van der Waals surface area contributed by atoms with Crippen molar-refractivity contribution in [3.63, 3.8) is 0 Å². The number of fused-ring (bicyclic) bond motifs is 1. The molecule has 0 radical (unpaired) electrons. The first-order valence-electron chi connectivity index (χ1n) is 11.5. The maximum Gasteiger partial charge on any atom is 0.270 e. The number of anilines is 1. The Kier molecular flexibility index (Phi) is 6.64. The summed E-state index contributed by atoms with van der Waals surface area (Å²) in [5.74, 6) is 1.17. The SMILES string of the molecule is COc1ccc([N+](=O)[O-])cc1-c1ccc(C=Nc2sc3c(c2C(=O)Nc2ccccc2)CCCC3)o1. The number of hydrogen-bond donors (Lipinski definition) is 1. The Labute approximate surface area is 211 Å². The number of non-ortho nitro benzene ring substituents is 1. The van der Waals surface area contributed by atoms with E-state index in [2.05, 4.69) is 10.3 Å². The second kappa shape index (κ2) is 10.2. The highest BCUT2D eigenvalue weighted by atomic mass is 32.1. The number of ether oxygens (including phenoxy) is 1. The second-order valence-electron chi connectivity index (χ2n) is 8.31. The quantitative estimate of drug-likeness (QED) is 0.170. The summed E-state index contributed by atoms with van der Waals surface area (Å²) >= 11 is 1.54. The van der Waals surface area contributed by atoms with Gasteiger partial charge >= 0.3 is 0 Å². The number of hydrogen-bond acceptors (Lipinski definition) is 7. The Morgan fingerprint density at radius 2 is 1.94 bits per heavy atom. The molecule has 5 rings (SSSR count). The number of nitrogens with zero attached hydrogens (tertiary/aromatic N) is 2. The zero-order valence-corrected chi connectivity index (χ0v) is 20.3. The number of thiophene rings is 1. The predicted octanol–water partition coefficient (Wildman–Crippen LogP) is 6.81. The van der Waals surface area contributed by atoms with Gasteiger partial charge in [0.2, 0.25) is 0 Å². The summed E-state index contributed by atoms with van der Waals surface area (Å²) in [6.07, 6.45) is 5.52. The number of furan rings is 1. The Morgan fingerprint density at radius 1 is 1.14 bits per heavy atom. The van der Waals surface area contributed by atoms with Crippen LogP contribution >= 0.6 is 11.3 Å². The fraction of sp³-hybridized carbons (Fsp3) is 0.185. The van der Waals surface area contributed by atoms with E-state index < -0.39 is 4.92 Å². The first-order valence-corrected chi connectivity index (χ1v) is 12.3. The number of nitro groups is 1. The molecule has 1 amide bonds. The number of para-hydroxylation sites is 1. The third-order valence-electron chi connectivity index (χ3n) is 6.01. The third kappa shape index (κ3) is 4.78. The van der Waals surface area contributed by atoms with E-state index in [1.54, 1.807) is 18.3 Å². The van der Waals surface area contributed by atoms with Gasteiger partial charge < -0.3 is 14.5 Å². The van der Waals surface area contributed by atoms with Crippen LogP contribution in [-0.2, 0) is 12.8 Å². The Bertz CT molecular complexity index is 1460. The summed E-state index contributed by atoms with van der Waals surface area (Å²) in [4.78, 5) is 29.8. The first kappa shape index (κ1) is 23.5. The molecule has 0 fully saturated rings. The molecular weight excluding hydrogens is 478 g/mol. The number of carbonyl (C=O) groups excluding carboxylic acids is 1. The van der Waals surface area contributed by atoms with Crippen molar-refractivity contribution >= 4 is 39.8 Å². The van der Waals surface area contributed by atoms with Crippen LogP contribution < -0.4 is 10.1 Å². The van der Waals surface area contributed by atoms with E-state index in [9.17, 15) is 14.9 Å². The van der Waals surface area contributed by atoms with Gasteiger partial charge in [-0.05, 0) is 61.6 Å². The minimum atomic E-state index is -0.463. The molecule has 0 saturated carbocycles. The van der Waals surface area contributed by atoms with Gasteiger partial charge in [-0.25, -0.2) is 4.99 Å². The summed E-state index contributed by atoms with van der Waals surface area (Å²) in [7, 11) is 1.50. The van der Waals surface area contributed by atoms with Crippen molar-refractivity contribution in [2.45, 2.75) is 25.7 Å². The van der Waals surface area contributed by atoms with Gasteiger partial charge in [-0.2, -0.15) is 0 Å². The van der Waals surface area contributed by atoms with Crippen LogP contribution in [0.3, 0.4) is 0 Å². The number of carbonyl (C=O) groups is 1. The van der Waals surface area contributed by atoms with Crippen molar-refractivity contribution in [1.82, 2.24) is 0 Å². The highest BCUT2D eigenvalue weighted by Crippen LogP contribution is 2.40. The van der Waals surface area contributed by atoms with Gasteiger partial charge in [-0.15, -0.1) is 11.3 Å². The highest BCUT2D eigenvalue weighted by molar-refractivity contribution is 7.16. The molecule has 1 aliphatic rings. The van der Waals surface area contributed by atoms with Crippen LogP contribution in [0.1, 0.15) is 39.4 Å². The van der Waals surface area contributed by atoms with E-state index in [4.69, 9.17) is 9.15 Å². The van der Waals surface area contributed by atoms with Crippen molar-refractivity contribution in [3.05, 3.63) is 92.5 Å². The molecule has 2 aromatic heterocycles. The molecule has 2 heterocycles. The van der Waals surface area contributed by atoms with Gasteiger partial charge in [0.15, 0.2) is 0 Å². The van der Waals surface area contributed by atoms with Crippen LogP contribution in [-0.4, -0.2) is 24.2 Å². The molecule has 8 nitrogen and oxygen atoms in total. The monoisotopic (exact) mass is 501 g/mol. The largest absolute Gasteiger partial charge is 0.496 e. The average molecular weight is 502 g/mol. The van der Waals surface area contributed by atoms with Gasteiger partial charge in [-0.3, -0.25) is 14.9 Å². The van der Waals surface area contributed by atoms with Gasteiger partial charge in [0.05, 0.1) is 29.4 Å². The third-order valence-corrected chi connectivity index (χ3v) is 7.21. The molecule has 0 unspecified atom stereocenters. The molecule has 9 heteroatoms. The van der Waals surface area contributed by atoms with E-state index >= 15 is 0 Å². The van der Waals surface area contributed by atoms with E-state index in [1.165, 1.54) is 41.5 Å². The number of benzene rings is 2. The summed E-state index contributed by atoms with van der Waals surface area (Å²) in [6, 6.07) is 17.1. The van der Waals surface area contributed by atoms with Crippen LogP contribution in [0, 0.1) is 10.1 Å². The van der Waals surface area contributed by atoms with Crippen LogP contribution in [0.4, 0.5) is 16.4 Å². The van der Waals surface area contributed by atoms with Crippen LogP contribution in [0.15, 0.2) is 70.1 Å². The summed E-state index contributed by atoms with van der Waals surface area (Å²) < 4.78 is 11.3. The summed E-state index contributed by atoms with van der Waals surface area (Å²) in [6.45, 7) is 0. The molecule has 0 atom stereocenters. The van der Waals surface area contributed by atoms with E-state index in [1.807, 2.05) is 30.3 Å². The van der Waals surface area contributed by atoms with E-state index in [0.29, 0.717) is 33.4 Å². The van der Waals surface area contributed by atoms with Crippen LogP contribution in [0.5, 0.6) is 5.75 Å². The normalized spacial score (nSPS) is 12.9. The Balaban J connectivity index is 1.45. The number of aliphatic imine (C=N–C) groups is 1. The smallest absolute Gasteiger partial charge is 0.270 e. The average Bonchev–Trinajstić information content (AvgIpc) is 3.52. The van der Waals surface area contributed by atoms with Crippen molar-refractivity contribution in [3.8, 4) is 17.1 Å². The molecule has 182 valence electrons. The number of nitrogens with one attached hydrogen (secondary N) is 1. The van der Waals surface area contributed by atoms with E-state index in [-0.39, 0.29) is 11.6 Å². The lowest BCUT2D eigenvalue weighted by molar-refractivity contribution is -0.384. The summed E-state index contributed by atoms with van der Waals surface area (Å²) in [5.41, 5.74) is 2.83. The molecule has 0 aliphatic heterocycles. The Hall–Kier alpha value is -4.24. The molecule has 36 heavy (non-hydrogen) atoms. The molecular formula is C27H23N3O5S. The van der Waals surface area contributed by atoms with Gasteiger partial charge in [0.1, 0.15) is 22.3 Å². The minimum Gasteiger partial charge on any atom is -0.496 e. The fourth-order valence-corrected chi connectivity index (χ4v) is 5.51. The Morgan fingerprint density at radius 3 is 2.72 bits per heavy atom. The number of rotatable bonds is 7. The maximum atomic E-state index is 13.3. The molecule has 4 aromatic rings. The number of aryl methyl sites for hydroxylation is 1. The van der Waals surface area contributed by atoms with Crippen LogP contribution in [0.25, 0.3) is 11.3 Å². The molecule has 0 bridgehead atoms. The van der Waals surface area contributed by atoms with Crippen molar-refractivity contribution < 1.29 is 18.9 Å². The lowest BCUT2D eigenvalue weighted by atomic mass is 9.95. The van der Waals surface area contributed by atoms with E-state index in [0.717, 1.165) is 36.9 Å². The van der Waals surface area contributed by atoms with Gasteiger partial charge in [-0.1, -0.05) is 18.2 Å². The maximum absolute atomic E-state index is 13.3. The van der Waals surface area contributed by atoms with Crippen LogP contribution in [0.2, 0.25) is 0 Å². The fourth-order valence-electron chi connectivity index (χ4n) is 4.28. The molecule has 0 spiro atoms. The second-order valence-corrected chi connectivity index (χ2v) is 9.40. The zero-order valence-electron chi connectivity index (χ0n) is 19.5. The predicted molar refractivity (Wildman–Crippen MR) is 140 cm³/mol. The standard InChI is InChI=1S/C27H23N3O5S/c1-34-22-13-11-18(30(32)33)15-21(22)23-14-12-19(35-23)16-28-27-25(20-9-5-6-10-24(20)36-27)26(31)29-17-7-3-2-4-8-17/h2-4,7-8,11-16H,5-6,9-10H2,1H3,(H,29,31). The molecule has 0 saturated heterocycles. The van der Waals surface area contributed by atoms with Crippen molar-refractivity contribution in [2.24, 2.45) is 4.99 Å². The van der Waals surface area contributed by atoms with Crippen molar-refractivity contribution in [2.75, 3.05) is 12.4 Å². The van der Waals surface area contributed by atoms with Gasteiger partial charge in [0, 0.05) is 22.7 Å². The number of nitro benzene ring substituents is 1. The molecule has 2 aromatic carbocycles. The first-order chi connectivity index (χ1) is 17.5. The van der Waals surface area contributed by atoms with Crippen molar-refractivity contribution in [1.29, 1.82) is 0 Å². The highest BCUT2D eigenvalue weighted by Gasteiger charge is 2.25. The minimum absolute atomic E-state index is 0.0596. The number of methoxy groups -OCH3 is 1. The summed E-state index contributed by atoms with van der Waals surface area (Å²) in [5, 5.41) is 14.8. The molecule has 1 aliphatic carbocycles.